The maximum Gasteiger partial charge on any atom is 0.257 e. The first-order valence-corrected chi connectivity index (χ1v) is 5.28. The van der Waals surface area contributed by atoms with Crippen molar-refractivity contribution in [2.24, 2.45) is 0 Å². The van der Waals surface area contributed by atoms with Crippen LogP contribution < -0.4 is 5.32 Å². The molecule has 0 fully saturated rings. The highest BCUT2D eigenvalue weighted by Crippen LogP contribution is 2.15. The summed E-state index contributed by atoms with van der Waals surface area (Å²) in [6.07, 6.45) is 2.44. The van der Waals surface area contributed by atoms with Crippen molar-refractivity contribution in [3.05, 3.63) is 52.7 Å². The van der Waals surface area contributed by atoms with E-state index in [0.29, 0.717) is 12.1 Å². The van der Waals surface area contributed by atoms with E-state index in [4.69, 9.17) is 11.6 Å². The number of carbonyl (C=O) groups is 1. The number of nitrogens with zero attached hydrogens (tertiary/aromatic N) is 2. The molecule has 0 aliphatic rings. The molecule has 1 N–H and O–H groups in total. The molecule has 0 radical (unpaired) electrons. The van der Waals surface area contributed by atoms with Crippen LogP contribution in [0.15, 0.2) is 24.5 Å². The van der Waals surface area contributed by atoms with Crippen LogP contribution in [-0.4, -0.2) is 15.9 Å². The summed E-state index contributed by atoms with van der Waals surface area (Å²) in [4.78, 5) is 19.0. The Balaban J connectivity index is 2.25. The quantitative estimate of drug-likeness (QED) is 0.864. The number of rotatable bonds is 2. The number of hydrogen-bond donors (Lipinski definition) is 1. The lowest BCUT2D eigenvalue weighted by molar-refractivity contribution is 0.102. The van der Waals surface area contributed by atoms with Gasteiger partial charge < -0.3 is 5.32 Å². The van der Waals surface area contributed by atoms with Gasteiger partial charge in [-0.3, -0.25) is 9.78 Å². The fourth-order valence-corrected chi connectivity index (χ4v) is 1.42. The molecule has 4 nitrogen and oxygen atoms in total. The number of carbonyl (C=O) groups excluding carboxylic acids is 1. The molecule has 0 unspecified atom stereocenters. The van der Waals surface area contributed by atoms with Crippen molar-refractivity contribution in [1.82, 2.24) is 9.97 Å². The van der Waals surface area contributed by atoms with E-state index in [1.165, 1.54) is 12.4 Å². The Morgan fingerprint density at radius 1 is 1.16 bits per heavy atom. The number of nitrogens with one attached hydrogen (secondary N) is 1. The smallest absolute Gasteiger partial charge is 0.257 e. The molecule has 1 aromatic heterocycles. The van der Waals surface area contributed by atoms with Crippen LogP contribution >= 0.6 is 11.6 Å². The van der Waals surface area contributed by atoms with Gasteiger partial charge in [-0.25, -0.2) is 18.2 Å². The van der Waals surface area contributed by atoms with E-state index in [9.17, 15) is 18.0 Å². The van der Waals surface area contributed by atoms with E-state index in [1.54, 1.807) is 0 Å². The molecule has 0 atom stereocenters. The zero-order valence-corrected chi connectivity index (χ0v) is 9.88. The molecule has 0 spiro atoms. The molecule has 0 saturated carbocycles. The topological polar surface area (TPSA) is 54.9 Å². The molecular weight excluding hydrogens is 283 g/mol. The molecule has 1 amide bonds. The van der Waals surface area contributed by atoms with Crippen molar-refractivity contribution in [3.63, 3.8) is 0 Å². The first-order chi connectivity index (χ1) is 8.97. The van der Waals surface area contributed by atoms with Gasteiger partial charge in [-0.05, 0) is 12.1 Å². The van der Waals surface area contributed by atoms with Gasteiger partial charge in [-0.2, -0.15) is 0 Å². The predicted octanol–water partition coefficient (Wildman–Crippen LogP) is 2.80. The second kappa shape index (κ2) is 5.23. The van der Waals surface area contributed by atoms with Gasteiger partial charge in [0.25, 0.3) is 5.91 Å². The standard InChI is InChI=1S/C11H5ClF3N3O/c12-8-3-16-4-9(17-8)18-11(19)5-1-6(13)10(15)7(14)2-5/h1-4H,(H,17,18,19). The lowest BCUT2D eigenvalue weighted by Gasteiger charge is -2.05. The van der Waals surface area contributed by atoms with E-state index in [-0.39, 0.29) is 11.0 Å². The monoisotopic (exact) mass is 287 g/mol. The van der Waals surface area contributed by atoms with Gasteiger partial charge in [0, 0.05) is 5.56 Å². The molecule has 98 valence electrons. The van der Waals surface area contributed by atoms with Crippen LogP contribution in [0.3, 0.4) is 0 Å². The number of aromatic nitrogens is 2. The van der Waals surface area contributed by atoms with Gasteiger partial charge in [0.2, 0.25) is 0 Å². The fraction of sp³-hybridized carbons (Fsp3) is 0. The van der Waals surface area contributed by atoms with Crippen molar-refractivity contribution in [3.8, 4) is 0 Å². The molecule has 1 aromatic carbocycles. The molecule has 2 rings (SSSR count). The number of amides is 1. The van der Waals surface area contributed by atoms with E-state index in [2.05, 4.69) is 15.3 Å². The van der Waals surface area contributed by atoms with E-state index in [0.717, 1.165) is 0 Å². The van der Waals surface area contributed by atoms with Gasteiger partial charge in [-0.15, -0.1) is 0 Å². The zero-order chi connectivity index (χ0) is 14.0. The molecule has 8 heteroatoms. The maximum absolute atomic E-state index is 13.0. The Morgan fingerprint density at radius 3 is 2.37 bits per heavy atom. The SMILES string of the molecule is O=C(Nc1cncc(Cl)n1)c1cc(F)c(F)c(F)c1. The third-order valence-corrected chi connectivity index (χ3v) is 2.27. The summed E-state index contributed by atoms with van der Waals surface area (Å²) in [7, 11) is 0. The van der Waals surface area contributed by atoms with E-state index < -0.39 is 28.9 Å². The van der Waals surface area contributed by atoms with Crippen LogP contribution in [0.25, 0.3) is 0 Å². The highest BCUT2D eigenvalue weighted by atomic mass is 35.5. The second-order valence-corrected chi connectivity index (χ2v) is 3.82. The molecule has 2 aromatic rings. The lowest BCUT2D eigenvalue weighted by atomic mass is 10.2. The van der Waals surface area contributed by atoms with Gasteiger partial charge in [-0.1, -0.05) is 11.6 Å². The van der Waals surface area contributed by atoms with Gasteiger partial charge >= 0.3 is 0 Å². The third-order valence-electron chi connectivity index (χ3n) is 2.09. The maximum atomic E-state index is 13.0. The Hall–Kier alpha value is -2.15. The number of halogens is 4. The highest BCUT2D eigenvalue weighted by molar-refractivity contribution is 6.29. The van der Waals surface area contributed by atoms with Crippen molar-refractivity contribution < 1.29 is 18.0 Å². The lowest BCUT2D eigenvalue weighted by Crippen LogP contribution is -2.14. The zero-order valence-electron chi connectivity index (χ0n) is 9.12. The Kier molecular flexibility index (Phi) is 3.66. The Morgan fingerprint density at radius 2 is 1.79 bits per heavy atom. The summed E-state index contributed by atoms with van der Waals surface area (Å²) in [5, 5.41) is 2.26. The Labute approximate surface area is 110 Å². The average molecular weight is 288 g/mol. The largest absolute Gasteiger partial charge is 0.305 e. The summed E-state index contributed by atoms with van der Waals surface area (Å²) >= 11 is 5.55. The average Bonchev–Trinajstić information content (AvgIpc) is 2.35. The van der Waals surface area contributed by atoms with Crippen LogP contribution in [0.5, 0.6) is 0 Å². The van der Waals surface area contributed by atoms with Crippen molar-refractivity contribution in [2.45, 2.75) is 0 Å². The van der Waals surface area contributed by atoms with Crippen LogP contribution in [0.1, 0.15) is 10.4 Å². The highest BCUT2D eigenvalue weighted by Gasteiger charge is 2.15. The minimum Gasteiger partial charge on any atom is -0.305 e. The van der Waals surface area contributed by atoms with Gasteiger partial charge in [0.1, 0.15) is 5.15 Å². The first kappa shape index (κ1) is 13.3. The molecule has 1 heterocycles. The summed E-state index contributed by atoms with van der Waals surface area (Å²) in [6.45, 7) is 0. The van der Waals surface area contributed by atoms with Crippen molar-refractivity contribution in [1.29, 1.82) is 0 Å². The predicted molar refractivity (Wildman–Crippen MR) is 61.3 cm³/mol. The van der Waals surface area contributed by atoms with Gasteiger partial charge in [0.05, 0.1) is 12.4 Å². The number of hydrogen-bond acceptors (Lipinski definition) is 3. The Bertz CT molecular complexity index is 628. The minimum absolute atomic E-state index is 0.00245. The van der Waals surface area contributed by atoms with Crippen molar-refractivity contribution in [2.75, 3.05) is 5.32 Å². The van der Waals surface area contributed by atoms with E-state index >= 15 is 0 Å². The summed E-state index contributed by atoms with van der Waals surface area (Å²) in [5.41, 5.74) is -0.391. The first-order valence-electron chi connectivity index (χ1n) is 4.91. The normalized spacial score (nSPS) is 10.3. The summed E-state index contributed by atoms with van der Waals surface area (Å²) in [5.74, 6) is -5.42. The molecular formula is C11H5ClF3N3O. The van der Waals surface area contributed by atoms with Crippen LogP contribution in [-0.2, 0) is 0 Å². The molecule has 0 aliphatic carbocycles. The second-order valence-electron chi connectivity index (χ2n) is 3.44. The van der Waals surface area contributed by atoms with Crippen molar-refractivity contribution >= 4 is 23.3 Å². The van der Waals surface area contributed by atoms with Crippen LogP contribution in [0, 0.1) is 17.5 Å². The third kappa shape index (κ3) is 3.00. The summed E-state index contributed by atoms with van der Waals surface area (Å²) < 4.78 is 38.7. The molecule has 0 saturated heterocycles. The van der Waals surface area contributed by atoms with Crippen LogP contribution in [0.4, 0.5) is 19.0 Å². The van der Waals surface area contributed by atoms with E-state index in [1.807, 2.05) is 0 Å². The molecule has 0 bridgehead atoms. The fourth-order valence-electron chi connectivity index (χ4n) is 1.28. The number of anilines is 1. The minimum atomic E-state index is -1.64. The molecule has 0 aliphatic heterocycles. The van der Waals surface area contributed by atoms with Gasteiger partial charge in [0.15, 0.2) is 23.3 Å². The van der Waals surface area contributed by atoms with Crippen LogP contribution in [0.2, 0.25) is 5.15 Å². The molecule has 19 heavy (non-hydrogen) atoms. The summed E-state index contributed by atoms with van der Waals surface area (Å²) in [6, 6.07) is 1.15. The number of benzene rings is 1.